The molecule has 1 fully saturated rings. The van der Waals surface area contributed by atoms with Gasteiger partial charge in [-0.3, -0.25) is 9.69 Å². The van der Waals surface area contributed by atoms with Gasteiger partial charge in [0.1, 0.15) is 0 Å². The molecule has 1 saturated heterocycles. The van der Waals surface area contributed by atoms with Crippen molar-refractivity contribution in [2.24, 2.45) is 11.1 Å². The van der Waals surface area contributed by atoms with Crippen molar-refractivity contribution < 1.29 is 4.79 Å². The molecular formula is C19H33Cl2N3O. The molecule has 3 N–H and O–H groups in total. The minimum Gasteiger partial charge on any atom is -0.353 e. The number of piperidine rings is 1. The van der Waals surface area contributed by atoms with Gasteiger partial charge >= 0.3 is 0 Å². The summed E-state index contributed by atoms with van der Waals surface area (Å²) in [6.07, 6.45) is 3.65. The molecule has 25 heavy (non-hydrogen) atoms. The molecule has 0 aromatic heterocycles. The van der Waals surface area contributed by atoms with E-state index in [1.54, 1.807) is 0 Å². The van der Waals surface area contributed by atoms with Crippen LogP contribution < -0.4 is 11.1 Å². The Bertz CT molecular complexity index is 478. The summed E-state index contributed by atoms with van der Waals surface area (Å²) in [4.78, 5) is 15.1. The molecule has 2 rings (SSSR count). The number of rotatable bonds is 7. The maximum atomic E-state index is 12.6. The zero-order chi connectivity index (χ0) is 16.7. The van der Waals surface area contributed by atoms with E-state index in [1.807, 2.05) is 0 Å². The van der Waals surface area contributed by atoms with Gasteiger partial charge in [0.15, 0.2) is 0 Å². The second-order valence-electron chi connectivity index (χ2n) is 6.70. The molecule has 0 bridgehead atoms. The molecule has 0 saturated carbocycles. The van der Waals surface area contributed by atoms with Gasteiger partial charge in [-0.2, -0.15) is 0 Å². The van der Waals surface area contributed by atoms with Crippen LogP contribution in [0.1, 0.15) is 45.1 Å². The van der Waals surface area contributed by atoms with Crippen molar-refractivity contribution in [1.29, 1.82) is 0 Å². The van der Waals surface area contributed by atoms with E-state index in [0.717, 1.165) is 45.3 Å². The molecule has 1 aliphatic rings. The molecular weight excluding hydrogens is 357 g/mol. The lowest BCUT2D eigenvalue weighted by molar-refractivity contribution is -0.132. The van der Waals surface area contributed by atoms with Crippen LogP contribution >= 0.6 is 24.8 Å². The lowest BCUT2D eigenvalue weighted by Gasteiger charge is -2.35. The zero-order valence-electron chi connectivity index (χ0n) is 15.4. The Balaban J connectivity index is 0.00000288. The first-order valence-corrected chi connectivity index (χ1v) is 8.91. The third-order valence-corrected chi connectivity index (χ3v) is 5.40. The number of nitrogens with zero attached hydrogens (tertiary/aromatic N) is 1. The topological polar surface area (TPSA) is 58.4 Å². The predicted molar refractivity (Wildman–Crippen MR) is 109 cm³/mol. The molecule has 1 heterocycles. The van der Waals surface area contributed by atoms with Crippen LogP contribution in [-0.4, -0.2) is 36.5 Å². The number of carbonyl (C=O) groups is 1. The second kappa shape index (κ2) is 11.7. The summed E-state index contributed by atoms with van der Waals surface area (Å²) in [6.45, 7) is 7.61. The Labute approximate surface area is 164 Å². The predicted octanol–water partition coefficient (Wildman–Crippen LogP) is 3.38. The molecule has 6 heteroatoms. The van der Waals surface area contributed by atoms with E-state index in [1.165, 1.54) is 5.56 Å². The van der Waals surface area contributed by atoms with Gasteiger partial charge in [0.25, 0.3) is 0 Å². The summed E-state index contributed by atoms with van der Waals surface area (Å²) >= 11 is 0. The van der Waals surface area contributed by atoms with E-state index >= 15 is 0 Å². The number of amides is 1. The summed E-state index contributed by atoms with van der Waals surface area (Å²) in [6, 6.07) is 10.9. The van der Waals surface area contributed by atoms with Crippen molar-refractivity contribution in [2.75, 3.05) is 19.6 Å². The molecule has 0 unspecified atom stereocenters. The highest BCUT2D eigenvalue weighted by molar-refractivity contribution is 5.85. The zero-order valence-corrected chi connectivity index (χ0v) is 17.0. The molecule has 0 radical (unpaired) electrons. The number of nitrogens with one attached hydrogen (secondary N) is 1. The first-order valence-electron chi connectivity index (χ1n) is 8.91. The number of likely N-dealkylation sites (tertiary alicyclic amines) is 1. The van der Waals surface area contributed by atoms with Crippen molar-refractivity contribution in [2.45, 2.75) is 52.1 Å². The van der Waals surface area contributed by atoms with E-state index < -0.39 is 0 Å². The van der Waals surface area contributed by atoms with Crippen LogP contribution in [0.2, 0.25) is 0 Å². The fourth-order valence-electron chi connectivity index (χ4n) is 3.37. The molecule has 0 atom stereocenters. The first kappa shape index (κ1) is 24.2. The molecule has 144 valence electrons. The first-order chi connectivity index (χ1) is 11.1. The van der Waals surface area contributed by atoms with Crippen LogP contribution in [0.15, 0.2) is 30.3 Å². The van der Waals surface area contributed by atoms with Gasteiger partial charge in [-0.05, 0) is 31.2 Å². The van der Waals surface area contributed by atoms with Gasteiger partial charge in [0.2, 0.25) is 5.91 Å². The Morgan fingerprint density at radius 1 is 1.16 bits per heavy atom. The van der Waals surface area contributed by atoms with Crippen LogP contribution in [0, 0.1) is 5.41 Å². The molecule has 0 aliphatic carbocycles. The highest BCUT2D eigenvalue weighted by Gasteiger charge is 2.35. The highest BCUT2D eigenvalue weighted by Crippen LogP contribution is 2.26. The van der Waals surface area contributed by atoms with Crippen molar-refractivity contribution in [3.8, 4) is 0 Å². The van der Waals surface area contributed by atoms with Crippen LogP contribution in [0.25, 0.3) is 0 Å². The van der Waals surface area contributed by atoms with Gasteiger partial charge in [0.05, 0.1) is 5.41 Å². The van der Waals surface area contributed by atoms with E-state index in [4.69, 9.17) is 5.73 Å². The molecule has 4 nitrogen and oxygen atoms in total. The van der Waals surface area contributed by atoms with E-state index in [2.05, 4.69) is 54.4 Å². The van der Waals surface area contributed by atoms with E-state index in [0.29, 0.717) is 12.6 Å². The number of carbonyl (C=O) groups excluding carboxylic acids is 1. The van der Waals surface area contributed by atoms with Crippen molar-refractivity contribution in [1.82, 2.24) is 10.2 Å². The quantitative estimate of drug-likeness (QED) is 0.751. The monoisotopic (exact) mass is 389 g/mol. The fourth-order valence-corrected chi connectivity index (χ4v) is 3.37. The standard InChI is InChI=1S/C19H31N3O.2ClH/c1-3-19(4-2,15-20)18(23)21-17-10-12-22(13-11-17)14-16-8-6-5-7-9-16;;/h5-9,17H,3-4,10-15,20H2,1-2H3,(H,21,23);2*1H. The Kier molecular flexibility index (Phi) is 11.4. The van der Waals surface area contributed by atoms with Gasteiger partial charge in [-0.1, -0.05) is 44.2 Å². The maximum absolute atomic E-state index is 12.6. The summed E-state index contributed by atoms with van der Waals surface area (Å²) in [7, 11) is 0. The van der Waals surface area contributed by atoms with Crippen molar-refractivity contribution in [3.63, 3.8) is 0 Å². The number of nitrogens with two attached hydrogens (primary N) is 1. The summed E-state index contributed by atoms with van der Waals surface area (Å²) in [5.74, 6) is 0.145. The van der Waals surface area contributed by atoms with Gasteiger partial charge < -0.3 is 11.1 Å². The molecule has 1 aliphatic heterocycles. The van der Waals surface area contributed by atoms with Gasteiger partial charge in [-0.15, -0.1) is 24.8 Å². The summed E-state index contributed by atoms with van der Waals surface area (Å²) in [5.41, 5.74) is 6.84. The Hall–Kier alpha value is -0.810. The second-order valence-corrected chi connectivity index (χ2v) is 6.70. The summed E-state index contributed by atoms with van der Waals surface area (Å²) in [5, 5.41) is 3.25. The van der Waals surface area contributed by atoms with Crippen LogP contribution in [0.3, 0.4) is 0 Å². The SMILES string of the molecule is CCC(CC)(CN)C(=O)NC1CCN(Cc2ccccc2)CC1.Cl.Cl. The minimum absolute atomic E-state index is 0. The van der Waals surface area contributed by atoms with Crippen molar-refractivity contribution >= 4 is 30.7 Å². The Morgan fingerprint density at radius 3 is 2.20 bits per heavy atom. The third-order valence-electron chi connectivity index (χ3n) is 5.40. The van der Waals surface area contributed by atoms with E-state index in [9.17, 15) is 4.79 Å². The fraction of sp³-hybridized carbons (Fsp3) is 0.632. The number of halogens is 2. The normalized spacial score (nSPS) is 15.8. The van der Waals surface area contributed by atoms with Crippen molar-refractivity contribution in [3.05, 3.63) is 35.9 Å². The van der Waals surface area contributed by atoms with Gasteiger partial charge in [0, 0.05) is 32.2 Å². The number of hydrogen-bond donors (Lipinski definition) is 2. The van der Waals surface area contributed by atoms with E-state index in [-0.39, 0.29) is 36.1 Å². The minimum atomic E-state index is -0.388. The average Bonchev–Trinajstić information content (AvgIpc) is 2.60. The largest absolute Gasteiger partial charge is 0.353 e. The molecule has 0 spiro atoms. The molecule has 1 aromatic carbocycles. The highest BCUT2D eigenvalue weighted by atomic mass is 35.5. The summed E-state index contributed by atoms with van der Waals surface area (Å²) < 4.78 is 0. The van der Waals surface area contributed by atoms with Crippen LogP contribution in [0.4, 0.5) is 0 Å². The maximum Gasteiger partial charge on any atom is 0.227 e. The molecule has 1 aromatic rings. The van der Waals surface area contributed by atoms with Crippen LogP contribution in [-0.2, 0) is 11.3 Å². The smallest absolute Gasteiger partial charge is 0.227 e. The Morgan fingerprint density at radius 2 is 1.72 bits per heavy atom. The molecule has 1 amide bonds. The number of benzene rings is 1. The van der Waals surface area contributed by atoms with Gasteiger partial charge in [-0.25, -0.2) is 0 Å². The number of hydrogen-bond acceptors (Lipinski definition) is 3. The average molecular weight is 390 g/mol. The van der Waals surface area contributed by atoms with Crippen LogP contribution in [0.5, 0.6) is 0 Å². The third kappa shape index (κ3) is 6.45. The lowest BCUT2D eigenvalue weighted by Crippen LogP contribution is -2.51. The lowest BCUT2D eigenvalue weighted by atomic mass is 9.81.